The van der Waals surface area contributed by atoms with Gasteiger partial charge in [0.1, 0.15) is 0 Å². The number of esters is 1. The Labute approximate surface area is 102 Å². The summed E-state index contributed by atoms with van der Waals surface area (Å²) in [4.78, 5) is 11.6. The third-order valence-corrected chi connectivity index (χ3v) is 2.87. The standard InChI is InChI=1S/C12H21N3O2/c1-3-5-6-9(4-2)8-17-12(16)11-10(13)7-14-15-11/h7,9H,3-6,8,13H2,1-2H3,(H,14,15). The molecular weight excluding hydrogens is 218 g/mol. The highest BCUT2D eigenvalue weighted by molar-refractivity contribution is 5.92. The van der Waals surface area contributed by atoms with Crippen molar-refractivity contribution in [3.63, 3.8) is 0 Å². The zero-order valence-electron chi connectivity index (χ0n) is 10.5. The van der Waals surface area contributed by atoms with Crippen molar-refractivity contribution >= 4 is 11.7 Å². The number of nitrogens with zero attached hydrogens (tertiary/aromatic N) is 1. The molecule has 5 nitrogen and oxygen atoms in total. The largest absolute Gasteiger partial charge is 0.461 e. The molecule has 1 rings (SSSR count). The molecule has 17 heavy (non-hydrogen) atoms. The molecule has 1 aromatic rings. The van der Waals surface area contributed by atoms with Crippen molar-refractivity contribution in [2.75, 3.05) is 12.3 Å². The van der Waals surface area contributed by atoms with Gasteiger partial charge >= 0.3 is 5.97 Å². The molecule has 0 amide bonds. The predicted octanol–water partition coefficient (Wildman–Crippen LogP) is 2.37. The number of anilines is 1. The Morgan fingerprint density at radius 2 is 2.35 bits per heavy atom. The average Bonchev–Trinajstić information content (AvgIpc) is 2.75. The molecule has 96 valence electrons. The molecule has 0 saturated heterocycles. The van der Waals surface area contributed by atoms with E-state index in [1.165, 1.54) is 12.6 Å². The Hall–Kier alpha value is -1.52. The molecule has 0 fully saturated rings. The van der Waals surface area contributed by atoms with Crippen molar-refractivity contribution in [3.05, 3.63) is 11.9 Å². The zero-order valence-corrected chi connectivity index (χ0v) is 10.5. The van der Waals surface area contributed by atoms with E-state index >= 15 is 0 Å². The zero-order chi connectivity index (χ0) is 12.7. The van der Waals surface area contributed by atoms with Crippen LogP contribution in [0.5, 0.6) is 0 Å². The number of rotatable bonds is 7. The maximum Gasteiger partial charge on any atom is 0.358 e. The van der Waals surface area contributed by atoms with Gasteiger partial charge in [0.25, 0.3) is 0 Å². The number of aromatic nitrogens is 2. The number of hydrogen-bond donors (Lipinski definition) is 2. The number of nitrogens with one attached hydrogen (secondary N) is 1. The van der Waals surface area contributed by atoms with Gasteiger partial charge in [0.15, 0.2) is 5.69 Å². The minimum Gasteiger partial charge on any atom is -0.461 e. The minimum absolute atomic E-state index is 0.246. The number of carbonyl (C=O) groups is 1. The van der Waals surface area contributed by atoms with Crippen LogP contribution < -0.4 is 5.73 Å². The molecule has 0 aliphatic carbocycles. The fraction of sp³-hybridized carbons (Fsp3) is 0.667. The molecule has 1 atom stereocenters. The lowest BCUT2D eigenvalue weighted by atomic mass is 10.0. The Kier molecular flexibility index (Phi) is 5.52. The van der Waals surface area contributed by atoms with E-state index in [-0.39, 0.29) is 5.69 Å². The van der Waals surface area contributed by atoms with Gasteiger partial charge in [0, 0.05) is 0 Å². The van der Waals surface area contributed by atoms with Crippen molar-refractivity contribution in [2.24, 2.45) is 5.92 Å². The molecule has 0 aliphatic heterocycles. The van der Waals surface area contributed by atoms with E-state index in [0.29, 0.717) is 18.2 Å². The van der Waals surface area contributed by atoms with Crippen molar-refractivity contribution in [2.45, 2.75) is 39.5 Å². The predicted molar refractivity (Wildman–Crippen MR) is 66.6 cm³/mol. The third-order valence-electron chi connectivity index (χ3n) is 2.87. The maximum atomic E-state index is 11.6. The van der Waals surface area contributed by atoms with Crippen LogP contribution >= 0.6 is 0 Å². The summed E-state index contributed by atoms with van der Waals surface area (Å²) < 4.78 is 5.23. The van der Waals surface area contributed by atoms with Crippen LogP contribution in [-0.2, 0) is 4.74 Å². The summed E-state index contributed by atoms with van der Waals surface area (Å²) in [5, 5.41) is 6.23. The quantitative estimate of drug-likeness (QED) is 0.716. The Balaban J connectivity index is 2.39. The average molecular weight is 239 g/mol. The van der Waals surface area contributed by atoms with Gasteiger partial charge in [0.05, 0.1) is 18.5 Å². The first kappa shape index (κ1) is 13.5. The summed E-state index contributed by atoms with van der Waals surface area (Å²) >= 11 is 0. The molecule has 0 spiro atoms. The normalized spacial score (nSPS) is 12.4. The highest BCUT2D eigenvalue weighted by Gasteiger charge is 2.15. The smallest absolute Gasteiger partial charge is 0.358 e. The van der Waals surface area contributed by atoms with Gasteiger partial charge in [-0.2, -0.15) is 5.10 Å². The summed E-state index contributed by atoms with van der Waals surface area (Å²) in [7, 11) is 0. The van der Waals surface area contributed by atoms with Gasteiger partial charge < -0.3 is 10.5 Å². The Bertz CT molecular complexity index is 349. The second-order valence-electron chi connectivity index (χ2n) is 4.22. The summed E-state index contributed by atoms with van der Waals surface area (Å²) in [6.45, 7) is 4.72. The van der Waals surface area contributed by atoms with E-state index in [1.807, 2.05) is 0 Å². The number of ether oxygens (including phenoxy) is 1. The fourth-order valence-electron chi connectivity index (χ4n) is 1.62. The van der Waals surface area contributed by atoms with Crippen LogP contribution in [-0.4, -0.2) is 22.8 Å². The van der Waals surface area contributed by atoms with E-state index in [0.717, 1.165) is 19.3 Å². The number of unbranched alkanes of at least 4 members (excludes halogenated alkanes) is 1. The van der Waals surface area contributed by atoms with E-state index in [1.54, 1.807) is 0 Å². The Morgan fingerprint density at radius 1 is 1.59 bits per heavy atom. The van der Waals surface area contributed by atoms with E-state index < -0.39 is 5.97 Å². The number of nitrogen functional groups attached to an aromatic ring is 1. The first-order valence-electron chi connectivity index (χ1n) is 6.15. The lowest BCUT2D eigenvalue weighted by Crippen LogP contribution is -2.15. The number of carbonyl (C=O) groups excluding carboxylic acids is 1. The van der Waals surface area contributed by atoms with Crippen molar-refractivity contribution in [3.8, 4) is 0 Å². The van der Waals surface area contributed by atoms with Crippen LogP contribution in [0, 0.1) is 5.92 Å². The van der Waals surface area contributed by atoms with Crippen LogP contribution in [0.4, 0.5) is 5.69 Å². The molecule has 0 aliphatic rings. The lowest BCUT2D eigenvalue weighted by Gasteiger charge is -2.14. The number of hydrogen-bond acceptors (Lipinski definition) is 4. The van der Waals surface area contributed by atoms with E-state index in [2.05, 4.69) is 24.0 Å². The van der Waals surface area contributed by atoms with Crippen LogP contribution in [0.1, 0.15) is 50.0 Å². The van der Waals surface area contributed by atoms with Crippen molar-refractivity contribution in [1.29, 1.82) is 0 Å². The second-order valence-corrected chi connectivity index (χ2v) is 4.22. The summed E-state index contributed by atoms with van der Waals surface area (Å²) in [6.07, 6.45) is 5.86. The molecule has 0 bridgehead atoms. The van der Waals surface area contributed by atoms with Crippen LogP contribution in [0.25, 0.3) is 0 Å². The van der Waals surface area contributed by atoms with Gasteiger partial charge in [-0.25, -0.2) is 4.79 Å². The summed E-state index contributed by atoms with van der Waals surface area (Å²) in [5.74, 6) is 0.0120. The molecule has 1 aromatic heterocycles. The van der Waals surface area contributed by atoms with Crippen LogP contribution in [0.2, 0.25) is 0 Å². The van der Waals surface area contributed by atoms with Gasteiger partial charge in [-0.15, -0.1) is 0 Å². The maximum absolute atomic E-state index is 11.6. The Morgan fingerprint density at radius 3 is 2.88 bits per heavy atom. The molecule has 0 saturated carbocycles. The van der Waals surface area contributed by atoms with Crippen molar-refractivity contribution < 1.29 is 9.53 Å². The first-order valence-corrected chi connectivity index (χ1v) is 6.15. The third kappa shape index (κ3) is 4.09. The highest BCUT2D eigenvalue weighted by atomic mass is 16.5. The highest BCUT2D eigenvalue weighted by Crippen LogP contribution is 2.14. The molecule has 1 unspecified atom stereocenters. The van der Waals surface area contributed by atoms with Crippen LogP contribution in [0.3, 0.4) is 0 Å². The summed E-state index contributed by atoms with van der Waals surface area (Å²) in [5.41, 5.74) is 6.14. The molecule has 0 aromatic carbocycles. The van der Waals surface area contributed by atoms with E-state index in [9.17, 15) is 4.79 Å². The topological polar surface area (TPSA) is 81.0 Å². The molecule has 1 heterocycles. The number of nitrogens with two attached hydrogens (primary N) is 1. The lowest BCUT2D eigenvalue weighted by molar-refractivity contribution is 0.0422. The fourth-order valence-corrected chi connectivity index (χ4v) is 1.62. The molecule has 3 N–H and O–H groups in total. The van der Waals surface area contributed by atoms with Crippen molar-refractivity contribution in [1.82, 2.24) is 10.2 Å². The molecule has 5 heteroatoms. The second kappa shape index (κ2) is 6.93. The van der Waals surface area contributed by atoms with E-state index in [4.69, 9.17) is 10.5 Å². The van der Waals surface area contributed by atoms with Gasteiger partial charge in [-0.3, -0.25) is 5.10 Å². The van der Waals surface area contributed by atoms with Gasteiger partial charge in [0.2, 0.25) is 0 Å². The molecule has 0 radical (unpaired) electrons. The number of H-pyrrole nitrogens is 1. The first-order chi connectivity index (χ1) is 8.19. The number of aromatic amines is 1. The SMILES string of the molecule is CCCCC(CC)COC(=O)c1[nH]ncc1N. The van der Waals surface area contributed by atoms with Crippen LogP contribution in [0.15, 0.2) is 6.20 Å². The minimum atomic E-state index is -0.421. The van der Waals surface area contributed by atoms with Gasteiger partial charge in [-0.05, 0) is 12.3 Å². The summed E-state index contributed by atoms with van der Waals surface area (Å²) in [6, 6.07) is 0. The van der Waals surface area contributed by atoms with Gasteiger partial charge in [-0.1, -0.05) is 33.1 Å². The monoisotopic (exact) mass is 239 g/mol. The molecular formula is C12H21N3O2.